The summed E-state index contributed by atoms with van der Waals surface area (Å²) in [7, 11) is 0. The molecule has 0 fully saturated rings. The van der Waals surface area contributed by atoms with Crippen LogP contribution in [-0.4, -0.2) is 5.78 Å². The molecule has 0 radical (unpaired) electrons. The zero-order chi connectivity index (χ0) is 10.1. The third-order valence-electron chi connectivity index (χ3n) is 2.12. The maximum Gasteiger partial charge on any atom is 0.159 e. The molecule has 2 nitrogen and oxygen atoms in total. The van der Waals surface area contributed by atoms with Crippen molar-refractivity contribution in [3.63, 3.8) is 0 Å². The van der Waals surface area contributed by atoms with Crippen molar-refractivity contribution in [3.8, 4) is 0 Å². The van der Waals surface area contributed by atoms with Gasteiger partial charge in [0, 0.05) is 26.8 Å². The summed E-state index contributed by atoms with van der Waals surface area (Å²) >= 11 is 5.08. The Morgan fingerprint density at radius 2 is 2.43 bits per heavy atom. The van der Waals surface area contributed by atoms with Gasteiger partial charge in [-0.25, -0.2) is 0 Å². The highest BCUT2D eigenvalue weighted by atomic mass is 79.9. The van der Waals surface area contributed by atoms with Crippen molar-refractivity contribution >= 4 is 33.0 Å². The highest BCUT2D eigenvalue weighted by Crippen LogP contribution is 2.29. The summed E-state index contributed by atoms with van der Waals surface area (Å²) in [6, 6.07) is 2.22. The van der Waals surface area contributed by atoms with Crippen molar-refractivity contribution in [2.45, 2.75) is 19.4 Å². The van der Waals surface area contributed by atoms with Gasteiger partial charge in [0.2, 0.25) is 0 Å². The number of thiophene rings is 1. The highest BCUT2D eigenvalue weighted by molar-refractivity contribution is 9.10. The first kappa shape index (κ1) is 9.93. The van der Waals surface area contributed by atoms with Gasteiger partial charge in [-0.2, -0.15) is 0 Å². The van der Waals surface area contributed by atoms with Crippen molar-refractivity contribution in [3.05, 3.63) is 32.6 Å². The average molecular weight is 272 g/mol. The lowest BCUT2D eigenvalue weighted by atomic mass is 10.0. The molecule has 14 heavy (non-hydrogen) atoms. The van der Waals surface area contributed by atoms with Gasteiger partial charge in [0.1, 0.15) is 0 Å². The maximum absolute atomic E-state index is 11.3. The van der Waals surface area contributed by atoms with Gasteiger partial charge in [0.25, 0.3) is 0 Å². The van der Waals surface area contributed by atoms with Gasteiger partial charge in [0.05, 0.1) is 6.04 Å². The minimum atomic E-state index is 0.156. The molecule has 2 rings (SSSR count). The van der Waals surface area contributed by atoms with Gasteiger partial charge in [-0.15, -0.1) is 11.3 Å². The summed E-state index contributed by atoms with van der Waals surface area (Å²) in [6.45, 7) is 1.92. The van der Waals surface area contributed by atoms with E-state index in [9.17, 15) is 4.79 Å². The zero-order valence-corrected chi connectivity index (χ0v) is 10.1. The van der Waals surface area contributed by atoms with Crippen LogP contribution in [0.3, 0.4) is 0 Å². The third-order valence-corrected chi connectivity index (χ3v) is 3.92. The summed E-state index contributed by atoms with van der Waals surface area (Å²) in [5.74, 6) is 0.204. The van der Waals surface area contributed by atoms with Gasteiger partial charge >= 0.3 is 0 Å². The van der Waals surface area contributed by atoms with Gasteiger partial charge in [0.15, 0.2) is 5.78 Å². The SMILES string of the molecule is CC1=CC(=O)CC(c2cc(Br)cs2)N1. The van der Waals surface area contributed by atoms with E-state index in [0.717, 1.165) is 10.2 Å². The molecule has 1 aromatic rings. The molecule has 4 heteroatoms. The molecule has 0 aromatic carbocycles. The Balaban J connectivity index is 2.21. The Labute approximate surface area is 95.1 Å². The summed E-state index contributed by atoms with van der Waals surface area (Å²) in [6.07, 6.45) is 2.23. The van der Waals surface area contributed by atoms with Crippen molar-refractivity contribution in [2.75, 3.05) is 0 Å². The number of carbonyl (C=O) groups is 1. The maximum atomic E-state index is 11.3. The largest absolute Gasteiger partial charge is 0.380 e. The zero-order valence-electron chi connectivity index (χ0n) is 7.71. The second kappa shape index (κ2) is 3.87. The van der Waals surface area contributed by atoms with Crippen molar-refractivity contribution in [1.82, 2.24) is 5.32 Å². The van der Waals surface area contributed by atoms with Crippen LogP contribution in [0.25, 0.3) is 0 Å². The summed E-state index contributed by atoms with van der Waals surface area (Å²) < 4.78 is 1.08. The first-order chi connectivity index (χ1) is 6.65. The molecule has 1 aliphatic heterocycles. The minimum absolute atomic E-state index is 0.156. The predicted molar refractivity (Wildman–Crippen MR) is 61.3 cm³/mol. The molecule has 2 heterocycles. The van der Waals surface area contributed by atoms with E-state index < -0.39 is 0 Å². The van der Waals surface area contributed by atoms with E-state index in [1.165, 1.54) is 4.88 Å². The predicted octanol–water partition coefficient (Wildman–Crippen LogP) is 3.02. The number of ketones is 1. The van der Waals surface area contributed by atoms with Crippen molar-refractivity contribution in [1.29, 1.82) is 0 Å². The van der Waals surface area contributed by atoms with Crippen LogP contribution in [0.4, 0.5) is 0 Å². The molecule has 0 saturated heterocycles. The number of carbonyl (C=O) groups excluding carboxylic acids is 1. The van der Waals surface area contributed by atoms with Crippen LogP contribution in [0.5, 0.6) is 0 Å². The van der Waals surface area contributed by atoms with E-state index in [2.05, 4.69) is 27.3 Å². The van der Waals surface area contributed by atoms with E-state index in [0.29, 0.717) is 6.42 Å². The first-order valence-electron chi connectivity index (χ1n) is 4.37. The molecule has 74 valence electrons. The number of allylic oxidation sites excluding steroid dienone is 2. The van der Waals surface area contributed by atoms with Crippen LogP contribution in [0.2, 0.25) is 0 Å². The van der Waals surface area contributed by atoms with Crippen LogP contribution >= 0.6 is 27.3 Å². The first-order valence-corrected chi connectivity index (χ1v) is 6.04. The Morgan fingerprint density at radius 3 is 3.00 bits per heavy atom. The van der Waals surface area contributed by atoms with E-state index in [1.54, 1.807) is 17.4 Å². The standard InChI is InChI=1S/C10H10BrNOS/c1-6-2-8(13)4-9(12-6)10-3-7(11)5-14-10/h2-3,5,9,12H,4H2,1H3. The Morgan fingerprint density at radius 1 is 1.64 bits per heavy atom. The third kappa shape index (κ3) is 2.07. The molecular weight excluding hydrogens is 262 g/mol. The summed E-state index contributed by atoms with van der Waals surface area (Å²) in [5.41, 5.74) is 0.954. The Kier molecular flexibility index (Phi) is 2.74. The monoisotopic (exact) mass is 271 g/mol. The van der Waals surface area contributed by atoms with Crippen LogP contribution in [0, 0.1) is 0 Å². The molecule has 0 aliphatic carbocycles. The lowest BCUT2D eigenvalue weighted by Crippen LogP contribution is -2.26. The molecule has 1 aliphatic rings. The van der Waals surface area contributed by atoms with Crippen LogP contribution in [0.1, 0.15) is 24.3 Å². The van der Waals surface area contributed by atoms with Crippen LogP contribution in [0.15, 0.2) is 27.7 Å². The molecule has 0 bridgehead atoms. The number of hydrogen-bond donors (Lipinski definition) is 1. The number of nitrogens with one attached hydrogen (secondary N) is 1. The molecule has 0 saturated carbocycles. The van der Waals surface area contributed by atoms with Gasteiger partial charge in [-0.05, 0) is 35.0 Å². The van der Waals surface area contributed by atoms with E-state index >= 15 is 0 Å². The smallest absolute Gasteiger partial charge is 0.159 e. The summed E-state index contributed by atoms with van der Waals surface area (Å²) in [4.78, 5) is 12.5. The molecule has 1 atom stereocenters. The van der Waals surface area contributed by atoms with E-state index in [4.69, 9.17) is 0 Å². The fourth-order valence-electron chi connectivity index (χ4n) is 1.55. The number of rotatable bonds is 1. The normalized spacial score (nSPS) is 21.7. The lowest BCUT2D eigenvalue weighted by molar-refractivity contribution is -0.115. The average Bonchev–Trinajstić information content (AvgIpc) is 2.50. The van der Waals surface area contributed by atoms with Gasteiger partial charge < -0.3 is 5.32 Å². The lowest BCUT2D eigenvalue weighted by Gasteiger charge is -2.21. The molecular formula is C10H10BrNOS. The van der Waals surface area contributed by atoms with Gasteiger partial charge in [-0.1, -0.05) is 0 Å². The van der Waals surface area contributed by atoms with Crippen molar-refractivity contribution < 1.29 is 4.79 Å². The number of hydrogen-bond acceptors (Lipinski definition) is 3. The summed E-state index contributed by atoms with van der Waals surface area (Å²) in [5, 5.41) is 5.34. The highest BCUT2D eigenvalue weighted by Gasteiger charge is 2.20. The van der Waals surface area contributed by atoms with E-state index in [-0.39, 0.29) is 11.8 Å². The second-order valence-electron chi connectivity index (χ2n) is 3.36. The van der Waals surface area contributed by atoms with Crippen LogP contribution < -0.4 is 5.32 Å². The minimum Gasteiger partial charge on any atom is -0.380 e. The second-order valence-corrected chi connectivity index (χ2v) is 5.22. The fourth-order valence-corrected chi connectivity index (χ4v) is 3.05. The Bertz CT molecular complexity index is 397. The Hall–Kier alpha value is -0.610. The van der Waals surface area contributed by atoms with Crippen molar-refractivity contribution in [2.24, 2.45) is 0 Å². The van der Waals surface area contributed by atoms with E-state index in [1.807, 2.05) is 12.3 Å². The molecule has 1 aromatic heterocycles. The fraction of sp³-hybridized carbons (Fsp3) is 0.300. The molecule has 1 N–H and O–H groups in total. The topological polar surface area (TPSA) is 29.1 Å². The quantitative estimate of drug-likeness (QED) is 0.851. The molecule has 1 unspecified atom stereocenters. The molecule has 0 amide bonds. The van der Waals surface area contributed by atoms with Gasteiger partial charge in [-0.3, -0.25) is 4.79 Å². The molecule has 0 spiro atoms. The van der Waals surface area contributed by atoms with Crippen LogP contribution in [-0.2, 0) is 4.79 Å². The number of halogens is 1.